The van der Waals surface area contributed by atoms with Crippen LogP contribution in [0.2, 0.25) is 0 Å². The Morgan fingerprint density at radius 3 is 2.14 bits per heavy atom. The van der Waals surface area contributed by atoms with Gasteiger partial charge in [0.2, 0.25) is 0 Å². The van der Waals surface area contributed by atoms with Gasteiger partial charge >= 0.3 is 0 Å². The summed E-state index contributed by atoms with van der Waals surface area (Å²) < 4.78 is 8.12. The predicted octanol–water partition coefficient (Wildman–Crippen LogP) is 3.51. The second-order valence-electron chi connectivity index (χ2n) is 5.16. The molecule has 0 saturated carbocycles. The van der Waals surface area contributed by atoms with E-state index in [9.17, 15) is 4.79 Å². The SMILES string of the molecule is [3H]C1=C(C=O)C(C)(C)C(C)=C(C)C1(C)C. The van der Waals surface area contributed by atoms with Crippen molar-refractivity contribution in [2.24, 2.45) is 10.8 Å². The van der Waals surface area contributed by atoms with E-state index in [4.69, 9.17) is 1.37 Å². The number of hydrogen-bond donors (Lipinski definition) is 0. The molecule has 1 aliphatic rings. The Balaban J connectivity index is 3.54. The minimum atomic E-state index is -0.310. The minimum absolute atomic E-state index is 0.293. The van der Waals surface area contributed by atoms with Crippen molar-refractivity contribution in [3.05, 3.63) is 22.8 Å². The lowest BCUT2D eigenvalue weighted by Crippen LogP contribution is -2.29. The van der Waals surface area contributed by atoms with E-state index in [1.54, 1.807) is 0 Å². The standard InChI is InChI=1S/C13H20O/c1-9-10(2)13(5,6)11(8-14)7-12(9,3)4/h7-8H,1-6H3/i7T. The first-order chi connectivity index (χ1) is 6.67. The van der Waals surface area contributed by atoms with Crippen LogP contribution in [0.3, 0.4) is 0 Å². The van der Waals surface area contributed by atoms with Crippen molar-refractivity contribution in [2.75, 3.05) is 0 Å². The molecule has 1 rings (SSSR count). The largest absolute Gasteiger partial charge is 0.298 e. The molecule has 0 aliphatic heterocycles. The summed E-state index contributed by atoms with van der Waals surface area (Å²) in [6, 6.07) is 0.464. The van der Waals surface area contributed by atoms with Crippen molar-refractivity contribution in [3.8, 4) is 0 Å². The van der Waals surface area contributed by atoms with E-state index in [1.807, 2.05) is 27.7 Å². The number of aldehydes is 1. The van der Waals surface area contributed by atoms with Crippen molar-refractivity contribution in [2.45, 2.75) is 41.5 Å². The van der Waals surface area contributed by atoms with E-state index in [-0.39, 0.29) is 10.8 Å². The average Bonchev–Trinajstić information content (AvgIpc) is 2.14. The van der Waals surface area contributed by atoms with E-state index in [0.717, 1.165) is 6.29 Å². The highest BCUT2D eigenvalue weighted by Crippen LogP contribution is 2.46. The van der Waals surface area contributed by atoms with Gasteiger partial charge in [-0.15, -0.1) is 0 Å². The van der Waals surface area contributed by atoms with Gasteiger partial charge < -0.3 is 0 Å². The molecule has 0 aromatic heterocycles. The molecule has 0 saturated heterocycles. The highest BCUT2D eigenvalue weighted by Gasteiger charge is 2.35. The van der Waals surface area contributed by atoms with E-state index in [2.05, 4.69) is 13.8 Å². The fourth-order valence-electron chi connectivity index (χ4n) is 1.90. The molecular formula is C13H20O. The van der Waals surface area contributed by atoms with E-state index >= 15 is 0 Å². The van der Waals surface area contributed by atoms with Crippen LogP contribution in [0.15, 0.2) is 22.8 Å². The van der Waals surface area contributed by atoms with Crippen molar-refractivity contribution >= 4 is 6.29 Å². The summed E-state index contributed by atoms with van der Waals surface area (Å²) in [5.74, 6) is 0. The second kappa shape index (κ2) is 3.08. The normalized spacial score (nSPS) is 26.3. The van der Waals surface area contributed by atoms with Gasteiger partial charge in [0.15, 0.2) is 0 Å². The van der Waals surface area contributed by atoms with Crippen molar-refractivity contribution in [1.82, 2.24) is 0 Å². The Kier molecular flexibility index (Phi) is 2.13. The fraction of sp³-hybridized carbons (Fsp3) is 0.615. The average molecular weight is 194 g/mol. The molecule has 0 aromatic carbocycles. The molecule has 0 unspecified atom stereocenters. The number of carbonyl (C=O) groups excluding carboxylic acids is 1. The van der Waals surface area contributed by atoms with Crippen LogP contribution in [0.1, 0.15) is 42.9 Å². The van der Waals surface area contributed by atoms with Gasteiger partial charge in [-0.1, -0.05) is 44.9 Å². The third-order valence-electron chi connectivity index (χ3n) is 3.68. The zero-order valence-electron chi connectivity index (χ0n) is 11.0. The van der Waals surface area contributed by atoms with Gasteiger partial charge in [0, 0.05) is 10.8 Å². The lowest BCUT2D eigenvalue weighted by atomic mass is 9.65. The summed E-state index contributed by atoms with van der Waals surface area (Å²) in [5, 5.41) is 0. The summed E-state index contributed by atoms with van der Waals surface area (Å²) in [4.78, 5) is 11.1. The molecule has 0 fully saturated rings. The van der Waals surface area contributed by atoms with E-state index in [0.29, 0.717) is 11.6 Å². The zero-order chi connectivity index (χ0) is 12.0. The van der Waals surface area contributed by atoms with Crippen LogP contribution < -0.4 is 0 Å². The number of carbonyl (C=O) groups is 1. The third-order valence-corrected chi connectivity index (χ3v) is 3.68. The Morgan fingerprint density at radius 2 is 1.71 bits per heavy atom. The quantitative estimate of drug-likeness (QED) is 0.461. The summed E-state index contributed by atoms with van der Waals surface area (Å²) in [5.41, 5.74) is 2.44. The Morgan fingerprint density at radius 1 is 1.21 bits per heavy atom. The van der Waals surface area contributed by atoms with Crippen LogP contribution >= 0.6 is 0 Å². The minimum Gasteiger partial charge on any atom is -0.298 e. The molecule has 78 valence electrons. The summed E-state index contributed by atoms with van der Waals surface area (Å²) in [6.45, 7) is 12.2. The molecule has 0 radical (unpaired) electrons. The molecule has 0 spiro atoms. The molecule has 0 N–H and O–H groups in total. The summed E-state index contributed by atoms with van der Waals surface area (Å²) in [6.07, 6.45) is 0.847. The Hall–Kier alpha value is -0.850. The highest BCUT2D eigenvalue weighted by atomic mass is 16.1. The second-order valence-corrected chi connectivity index (χ2v) is 5.16. The monoisotopic (exact) mass is 194 g/mol. The lowest BCUT2D eigenvalue weighted by molar-refractivity contribution is -0.105. The lowest BCUT2D eigenvalue weighted by Gasteiger charge is -2.39. The number of allylic oxidation sites excluding steroid dienone is 4. The fourth-order valence-corrected chi connectivity index (χ4v) is 1.90. The molecule has 0 amide bonds. The predicted molar refractivity (Wildman–Crippen MR) is 60.1 cm³/mol. The van der Waals surface area contributed by atoms with Gasteiger partial charge in [0.05, 0.1) is 1.37 Å². The van der Waals surface area contributed by atoms with E-state index < -0.39 is 0 Å². The van der Waals surface area contributed by atoms with Crippen molar-refractivity contribution < 1.29 is 6.17 Å². The van der Waals surface area contributed by atoms with Gasteiger partial charge in [-0.25, -0.2) is 0 Å². The summed E-state index contributed by atoms with van der Waals surface area (Å²) in [7, 11) is 0. The van der Waals surface area contributed by atoms with Crippen LogP contribution in [0.4, 0.5) is 0 Å². The van der Waals surface area contributed by atoms with Gasteiger partial charge in [-0.05, 0) is 19.4 Å². The van der Waals surface area contributed by atoms with E-state index in [1.165, 1.54) is 11.1 Å². The number of hydrogen-bond acceptors (Lipinski definition) is 1. The molecular weight excluding hydrogens is 172 g/mol. The first-order valence-electron chi connectivity index (χ1n) is 5.52. The van der Waals surface area contributed by atoms with Gasteiger partial charge in [-0.2, -0.15) is 0 Å². The summed E-state index contributed by atoms with van der Waals surface area (Å²) >= 11 is 0. The molecule has 1 aliphatic carbocycles. The zero-order valence-corrected chi connectivity index (χ0v) is 9.99. The molecule has 1 nitrogen and oxygen atoms in total. The van der Waals surface area contributed by atoms with Crippen LogP contribution in [-0.2, 0) is 4.79 Å². The van der Waals surface area contributed by atoms with Crippen LogP contribution in [0.5, 0.6) is 0 Å². The number of rotatable bonds is 1. The Labute approximate surface area is 88.3 Å². The maximum Gasteiger partial charge on any atom is 0.146 e. The topological polar surface area (TPSA) is 17.1 Å². The highest BCUT2D eigenvalue weighted by molar-refractivity contribution is 5.78. The van der Waals surface area contributed by atoms with Gasteiger partial charge in [0.25, 0.3) is 0 Å². The Bertz CT molecular complexity index is 370. The van der Waals surface area contributed by atoms with Crippen LogP contribution in [0.25, 0.3) is 0 Å². The third kappa shape index (κ3) is 1.45. The van der Waals surface area contributed by atoms with Gasteiger partial charge in [-0.3, -0.25) is 4.79 Å². The van der Waals surface area contributed by atoms with Crippen LogP contribution in [0, 0.1) is 10.8 Å². The van der Waals surface area contributed by atoms with Crippen molar-refractivity contribution in [3.63, 3.8) is 0 Å². The molecule has 1 heteroatoms. The molecule has 0 bridgehead atoms. The first kappa shape index (κ1) is 9.70. The first-order valence-corrected chi connectivity index (χ1v) is 5.02. The molecule has 14 heavy (non-hydrogen) atoms. The molecule has 0 heterocycles. The van der Waals surface area contributed by atoms with Gasteiger partial charge in [0.1, 0.15) is 6.29 Å². The maximum atomic E-state index is 11.1. The smallest absolute Gasteiger partial charge is 0.146 e. The van der Waals surface area contributed by atoms with Crippen LogP contribution in [-0.4, -0.2) is 6.29 Å². The molecule has 0 aromatic rings. The van der Waals surface area contributed by atoms with Crippen molar-refractivity contribution in [1.29, 1.82) is 0 Å². The maximum absolute atomic E-state index is 11.1. The molecule has 0 atom stereocenters.